The van der Waals surface area contributed by atoms with Crippen LogP contribution in [0.5, 0.6) is 0 Å². The third kappa shape index (κ3) is 3.70. The van der Waals surface area contributed by atoms with E-state index in [1.165, 1.54) is 0 Å². The van der Waals surface area contributed by atoms with Gasteiger partial charge in [0.2, 0.25) is 5.91 Å². The van der Waals surface area contributed by atoms with Crippen LogP contribution in [-0.2, 0) is 4.79 Å². The second-order valence-electron chi connectivity index (χ2n) is 3.95. The van der Waals surface area contributed by atoms with Gasteiger partial charge in [-0.15, -0.1) is 0 Å². The molecule has 17 heavy (non-hydrogen) atoms. The molecule has 0 atom stereocenters. The molecule has 92 valence electrons. The standard InChI is InChI=1S/C14H19NO2/c1-3-5-6-14(17)15(4-2)13-9-7-12(11-16)8-10-13/h7-11H,3-6H2,1-2H3. The Kier molecular flexibility index (Phi) is 5.40. The van der Waals surface area contributed by atoms with E-state index in [9.17, 15) is 9.59 Å². The largest absolute Gasteiger partial charge is 0.313 e. The Hall–Kier alpha value is -1.64. The summed E-state index contributed by atoms with van der Waals surface area (Å²) in [6.45, 7) is 4.68. The summed E-state index contributed by atoms with van der Waals surface area (Å²) in [7, 11) is 0. The summed E-state index contributed by atoms with van der Waals surface area (Å²) in [6.07, 6.45) is 3.33. The van der Waals surface area contributed by atoms with Crippen LogP contribution >= 0.6 is 0 Å². The van der Waals surface area contributed by atoms with Crippen LogP contribution in [0.2, 0.25) is 0 Å². The Labute approximate surface area is 102 Å². The second-order valence-corrected chi connectivity index (χ2v) is 3.95. The first-order valence-corrected chi connectivity index (χ1v) is 6.08. The minimum absolute atomic E-state index is 0.146. The van der Waals surface area contributed by atoms with E-state index in [0.29, 0.717) is 18.5 Å². The molecular formula is C14H19NO2. The molecule has 1 amide bonds. The molecular weight excluding hydrogens is 214 g/mol. The number of hydrogen-bond acceptors (Lipinski definition) is 2. The molecule has 0 aliphatic rings. The molecule has 0 radical (unpaired) electrons. The predicted molar refractivity (Wildman–Crippen MR) is 69.4 cm³/mol. The Balaban J connectivity index is 2.77. The van der Waals surface area contributed by atoms with Crippen molar-refractivity contribution in [2.75, 3.05) is 11.4 Å². The van der Waals surface area contributed by atoms with Gasteiger partial charge in [-0.3, -0.25) is 9.59 Å². The number of carbonyl (C=O) groups excluding carboxylic acids is 2. The highest BCUT2D eigenvalue weighted by Gasteiger charge is 2.12. The van der Waals surface area contributed by atoms with E-state index < -0.39 is 0 Å². The summed E-state index contributed by atoms with van der Waals surface area (Å²) in [5.74, 6) is 0.146. The summed E-state index contributed by atoms with van der Waals surface area (Å²) in [5.41, 5.74) is 1.49. The molecule has 0 heterocycles. The van der Waals surface area contributed by atoms with Gasteiger partial charge < -0.3 is 4.90 Å². The van der Waals surface area contributed by atoms with Gasteiger partial charge in [-0.2, -0.15) is 0 Å². The third-order valence-corrected chi connectivity index (χ3v) is 2.70. The molecule has 3 nitrogen and oxygen atoms in total. The minimum atomic E-state index is 0.146. The highest BCUT2D eigenvalue weighted by atomic mass is 16.2. The molecule has 0 unspecified atom stereocenters. The number of benzene rings is 1. The molecule has 0 aliphatic carbocycles. The first-order valence-electron chi connectivity index (χ1n) is 6.08. The molecule has 0 bridgehead atoms. The van der Waals surface area contributed by atoms with Crippen LogP contribution in [0, 0.1) is 0 Å². The van der Waals surface area contributed by atoms with E-state index in [2.05, 4.69) is 6.92 Å². The number of rotatable bonds is 6. The highest BCUT2D eigenvalue weighted by molar-refractivity contribution is 5.93. The molecule has 0 saturated heterocycles. The predicted octanol–water partition coefficient (Wildman–Crippen LogP) is 3.04. The molecule has 0 aromatic heterocycles. The summed E-state index contributed by atoms with van der Waals surface area (Å²) < 4.78 is 0. The van der Waals surface area contributed by atoms with Crippen molar-refractivity contribution in [1.82, 2.24) is 0 Å². The van der Waals surface area contributed by atoms with Crippen molar-refractivity contribution in [3.05, 3.63) is 29.8 Å². The number of unbranched alkanes of at least 4 members (excludes halogenated alkanes) is 1. The molecule has 0 saturated carbocycles. The zero-order valence-electron chi connectivity index (χ0n) is 10.5. The van der Waals surface area contributed by atoms with E-state index in [1.54, 1.807) is 17.0 Å². The van der Waals surface area contributed by atoms with Crippen LogP contribution in [0.25, 0.3) is 0 Å². The minimum Gasteiger partial charge on any atom is -0.313 e. The van der Waals surface area contributed by atoms with Gasteiger partial charge in [0.05, 0.1) is 0 Å². The average Bonchev–Trinajstić information content (AvgIpc) is 2.38. The Morgan fingerprint density at radius 3 is 2.35 bits per heavy atom. The van der Waals surface area contributed by atoms with Crippen molar-refractivity contribution in [2.45, 2.75) is 33.1 Å². The van der Waals surface area contributed by atoms with Crippen molar-refractivity contribution in [3.63, 3.8) is 0 Å². The van der Waals surface area contributed by atoms with Crippen molar-refractivity contribution < 1.29 is 9.59 Å². The monoisotopic (exact) mass is 233 g/mol. The molecule has 0 fully saturated rings. The first-order chi connectivity index (χ1) is 8.22. The Morgan fingerprint density at radius 1 is 1.24 bits per heavy atom. The number of amides is 1. The molecule has 1 rings (SSSR count). The quantitative estimate of drug-likeness (QED) is 0.708. The van der Waals surface area contributed by atoms with Gasteiger partial charge in [-0.25, -0.2) is 0 Å². The van der Waals surface area contributed by atoms with Gasteiger partial charge in [0.15, 0.2) is 0 Å². The van der Waals surface area contributed by atoms with Crippen LogP contribution in [0.3, 0.4) is 0 Å². The highest BCUT2D eigenvalue weighted by Crippen LogP contribution is 2.16. The van der Waals surface area contributed by atoms with Gasteiger partial charge in [0, 0.05) is 24.2 Å². The summed E-state index contributed by atoms with van der Waals surface area (Å²) in [5, 5.41) is 0. The molecule has 3 heteroatoms. The van der Waals surface area contributed by atoms with Crippen molar-refractivity contribution >= 4 is 17.9 Å². The van der Waals surface area contributed by atoms with Gasteiger partial charge in [0.1, 0.15) is 6.29 Å². The van der Waals surface area contributed by atoms with Gasteiger partial charge in [0.25, 0.3) is 0 Å². The molecule has 1 aromatic carbocycles. The zero-order valence-corrected chi connectivity index (χ0v) is 10.5. The van der Waals surface area contributed by atoms with E-state index in [0.717, 1.165) is 24.8 Å². The van der Waals surface area contributed by atoms with Gasteiger partial charge in [-0.05, 0) is 37.6 Å². The lowest BCUT2D eigenvalue weighted by molar-refractivity contribution is -0.118. The topological polar surface area (TPSA) is 37.4 Å². The molecule has 0 aliphatic heterocycles. The SMILES string of the molecule is CCCCC(=O)N(CC)c1ccc(C=O)cc1. The second kappa shape index (κ2) is 6.84. The number of carbonyl (C=O) groups is 2. The maximum absolute atomic E-state index is 11.9. The maximum Gasteiger partial charge on any atom is 0.226 e. The molecule has 1 aromatic rings. The van der Waals surface area contributed by atoms with E-state index in [1.807, 2.05) is 19.1 Å². The van der Waals surface area contributed by atoms with Crippen LogP contribution in [0.4, 0.5) is 5.69 Å². The summed E-state index contributed by atoms with van der Waals surface area (Å²) in [6, 6.07) is 7.10. The summed E-state index contributed by atoms with van der Waals surface area (Å²) in [4.78, 5) is 24.3. The lowest BCUT2D eigenvalue weighted by atomic mass is 10.2. The van der Waals surface area contributed by atoms with Crippen molar-refractivity contribution in [2.24, 2.45) is 0 Å². The molecule has 0 N–H and O–H groups in total. The van der Waals surface area contributed by atoms with Crippen molar-refractivity contribution in [1.29, 1.82) is 0 Å². The van der Waals surface area contributed by atoms with E-state index in [-0.39, 0.29) is 5.91 Å². The fraction of sp³-hybridized carbons (Fsp3) is 0.429. The van der Waals surface area contributed by atoms with Crippen molar-refractivity contribution in [3.8, 4) is 0 Å². The van der Waals surface area contributed by atoms with Crippen LogP contribution in [0.1, 0.15) is 43.5 Å². The molecule has 0 spiro atoms. The number of hydrogen-bond donors (Lipinski definition) is 0. The number of nitrogens with zero attached hydrogens (tertiary/aromatic N) is 1. The zero-order chi connectivity index (χ0) is 12.7. The normalized spacial score (nSPS) is 10.0. The number of aldehydes is 1. The maximum atomic E-state index is 11.9. The van der Waals surface area contributed by atoms with Crippen LogP contribution in [0.15, 0.2) is 24.3 Å². The average molecular weight is 233 g/mol. The van der Waals surface area contributed by atoms with E-state index in [4.69, 9.17) is 0 Å². The fourth-order valence-corrected chi connectivity index (χ4v) is 1.70. The number of anilines is 1. The first kappa shape index (κ1) is 13.4. The van der Waals surface area contributed by atoms with E-state index >= 15 is 0 Å². The Morgan fingerprint density at radius 2 is 1.88 bits per heavy atom. The van der Waals surface area contributed by atoms with Crippen LogP contribution in [-0.4, -0.2) is 18.7 Å². The fourth-order valence-electron chi connectivity index (χ4n) is 1.70. The van der Waals surface area contributed by atoms with Gasteiger partial charge >= 0.3 is 0 Å². The smallest absolute Gasteiger partial charge is 0.226 e. The Bertz CT molecular complexity index is 370. The lowest BCUT2D eigenvalue weighted by Crippen LogP contribution is -2.30. The van der Waals surface area contributed by atoms with Crippen LogP contribution < -0.4 is 4.90 Å². The third-order valence-electron chi connectivity index (χ3n) is 2.70. The summed E-state index contributed by atoms with van der Waals surface area (Å²) >= 11 is 0. The van der Waals surface area contributed by atoms with Gasteiger partial charge in [-0.1, -0.05) is 13.3 Å². The lowest BCUT2D eigenvalue weighted by Gasteiger charge is -2.21.